The molecule has 10 heteroatoms. The molecule has 2 saturated heterocycles. The molecule has 0 aromatic carbocycles. The molecule has 10 nitrogen and oxygen atoms in total. The summed E-state index contributed by atoms with van der Waals surface area (Å²) in [6, 6.07) is 0. The maximum Gasteiger partial charge on any atom is 0.201 e. The Bertz CT molecular complexity index is 135. The van der Waals surface area contributed by atoms with Crippen molar-refractivity contribution in [2.75, 3.05) is 0 Å². The van der Waals surface area contributed by atoms with Crippen LogP contribution in [0.3, 0.4) is 0 Å². The van der Waals surface area contributed by atoms with E-state index in [-0.39, 0.29) is 12.6 Å². The highest BCUT2D eigenvalue weighted by Crippen LogP contribution is 1.87. The normalized spacial score (nSPS) is 27.7. The van der Waals surface area contributed by atoms with Gasteiger partial charge in [-0.05, 0) is 0 Å². The predicted molar refractivity (Wildman–Crippen MR) is 37.5 cm³/mol. The molecular formula is C2H10N10. The summed E-state index contributed by atoms with van der Waals surface area (Å²) >= 11 is 0. The van der Waals surface area contributed by atoms with Crippen LogP contribution in [0, 0.1) is 0 Å². The molecule has 0 amide bonds. The van der Waals surface area contributed by atoms with Gasteiger partial charge in [-0.25, -0.2) is 21.7 Å². The Morgan fingerprint density at radius 3 is 1.25 bits per heavy atom. The number of nitrogens with zero attached hydrogens (tertiary/aromatic N) is 2. The molecule has 0 radical (unpaired) electrons. The van der Waals surface area contributed by atoms with Crippen molar-refractivity contribution < 1.29 is 0 Å². The van der Waals surface area contributed by atoms with Gasteiger partial charge in [0.2, 0.25) is 12.6 Å². The Labute approximate surface area is 67.8 Å². The average Bonchev–Trinajstić information content (AvgIpc) is 2.74. The molecule has 0 aromatic heterocycles. The van der Waals surface area contributed by atoms with Crippen LogP contribution in [-0.2, 0) is 0 Å². The van der Waals surface area contributed by atoms with Gasteiger partial charge in [0, 0.05) is 0 Å². The van der Waals surface area contributed by atoms with E-state index in [0.29, 0.717) is 0 Å². The first-order chi connectivity index (χ1) is 5.95. The van der Waals surface area contributed by atoms with Crippen molar-refractivity contribution in [1.29, 1.82) is 0 Å². The van der Waals surface area contributed by atoms with Gasteiger partial charge in [0.15, 0.2) is 0 Å². The molecule has 2 rings (SSSR count). The zero-order valence-corrected chi connectivity index (χ0v) is 6.05. The van der Waals surface area contributed by atoms with E-state index >= 15 is 0 Å². The van der Waals surface area contributed by atoms with Crippen LogP contribution in [0.25, 0.3) is 0 Å². The first kappa shape index (κ1) is 7.90. The van der Waals surface area contributed by atoms with Gasteiger partial charge in [-0.1, -0.05) is 0 Å². The van der Waals surface area contributed by atoms with Gasteiger partial charge in [-0.15, -0.1) is 0 Å². The van der Waals surface area contributed by atoms with Crippen molar-refractivity contribution in [1.82, 2.24) is 43.8 Å². The lowest BCUT2D eigenvalue weighted by molar-refractivity contribution is 0.458. The number of azo groups is 1. The van der Waals surface area contributed by atoms with Gasteiger partial charge in [0.05, 0.1) is 0 Å². The molecule has 68 valence electrons. The average molecular weight is 174 g/mol. The molecule has 0 aromatic rings. The fourth-order valence-corrected chi connectivity index (χ4v) is 0.739. The Kier molecular flexibility index (Phi) is 2.50. The molecule has 2 aliphatic heterocycles. The topological polar surface area (TPSA) is 121 Å². The third-order valence-electron chi connectivity index (χ3n) is 1.26. The van der Waals surface area contributed by atoms with E-state index in [0.717, 1.165) is 0 Å². The smallest absolute Gasteiger partial charge is 0.201 e. The minimum Gasteiger partial charge on any atom is -0.204 e. The van der Waals surface area contributed by atoms with Crippen LogP contribution in [0.15, 0.2) is 10.2 Å². The first-order valence-electron chi connectivity index (χ1n) is 3.37. The molecule has 0 bridgehead atoms. The Morgan fingerprint density at radius 2 is 0.917 bits per heavy atom. The summed E-state index contributed by atoms with van der Waals surface area (Å²) in [4.78, 5) is 0. The van der Waals surface area contributed by atoms with Gasteiger partial charge in [0.25, 0.3) is 0 Å². The van der Waals surface area contributed by atoms with E-state index in [9.17, 15) is 0 Å². The quantitative estimate of drug-likeness (QED) is 0.201. The van der Waals surface area contributed by atoms with E-state index in [4.69, 9.17) is 0 Å². The Balaban J connectivity index is 1.75. The predicted octanol–water partition coefficient (Wildman–Crippen LogP) is -3.76. The summed E-state index contributed by atoms with van der Waals surface area (Å²) < 4.78 is 0. The van der Waals surface area contributed by atoms with Crippen LogP contribution in [-0.4, -0.2) is 12.6 Å². The molecule has 0 spiro atoms. The summed E-state index contributed by atoms with van der Waals surface area (Å²) in [7, 11) is 0. The van der Waals surface area contributed by atoms with Gasteiger partial charge < -0.3 is 0 Å². The molecule has 8 N–H and O–H groups in total. The summed E-state index contributed by atoms with van der Waals surface area (Å²) in [6.45, 7) is 0. The van der Waals surface area contributed by atoms with Crippen LogP contribution < -0.4 is 43.8 Å². The second-order valence-electron chi connectivity index (χ2n) is 2.11. The fraction of sp³-hybridized carbons (Fsp3) is 1.00. The highest BCUT2D eigenvalue weighted by Gasteiger charge is 2.13. The van der Waals surface area contributed by atoms with Crippen LogP contribution in [0.4, 0.5) is 0 Å². The van der Waals surface area contributed by atoms with Crippen LogP contribution >= 0.6 is 0 Å². The van der Waals surface area contributed by atoms with E-state index < -0.39 is 0 Å². The zero-order valence-electron chi connectivity index (χ0n) is 6.05. The summed E-state index contributed by atoms with van der Waals surface area (Å²) in [6.07, 6.45) is -0.539. The minimum atomic E-state index is -0.269. The zero-order chi connectivity index (χ0) is 8.23. The lowest BCUT2D eigenvalue weighted by atomic mass is 10.9. The standard InChI is InChI=1S/C2H10N10/c3(1-5-9-10-6-1)4-2-7-11-12-8-2/h1-2,5-12H. The highest BCUT2D eigenvalue weighted by molar-refractivity contribution is 4.60. The molecule has 12 heavy (non-hydrogen) atoms. The maximum atomic E-state index is 3.88. The molecule has 2 aliphatic rings. The Hall–Kier alpha value is -0.720. The van der Waals surface area contributed by atoms with Gasteiger partial charge >= 0.3 is 0 Å². The maximum absolute atomic E-state index is 3.88. The minimum absolute atomic E-state index is 0.269. The summed E-state index contributed by atoms with van der Waals surface area (Å²) in [5.74, 6) is 0. The van der Waals surface area contributed by atoms with Gasteiger partial charge in [0.1, 0.15) is 0 Å². The van der Waals surface area contributed by atoms with Crippen molar-refractivity contribution in [3.8, 4) is 0 Å². The number of hydrogen-bond acceptors (Lipinski definition) is 10. The fourth-order valence-electron chi connectivity index (χ4n) is 0.739. The second kappa shape index (κ2) is 3.79. The van der Waals surface area contributed by atoms with Crippen molar-refractivity contribution in [3.63, 3.8) is 0 Å². The number of hydrazine groups is 6. The van der Waals surface area contributed by atoms with Gasteiger partial charge in [-0.2, -0.15) is 32.4 Å². The first-order valence-corrected chi connectivity index (χ1v) is 3.37. The molecule has 0 atom stereocenters. The SMILES string of the molecule is N(=NC1NNNN1)C1NNNN1. The lowest BCUT2D eigenvalue weighted by Crippen LogP contribution is -2.34. The highest BCUT2D eigenvalue weighted by atomic mass is 15.9. The summed E-state index contributed by atoms with van der Waals surface area (Å²) in [5, 5.41) is 7.76. The molecule has 0 unspecified atom stereocenters. The van der Waals surface area contributed by atoms with Crippen LogP contribution in [0.2, 0.25) is 0 Å². The largest absolute Gasteiger partial charge is 0.204 e. The number of rotatable bonds is 2. The van der Waals surface area contributed by atoms with Crippen LogP contribution in [0.5, 0.6) is 0 Å². The van der Waals surface area contributed by atoms with Crippen molar-refractivity contribution >= 4 is 0 Å². The van der Waals surface area contributed by atoms with Crippen LogP contribution in [0.1, 0.15) is 0 Å². The van der Waals surface area contributed by atoms with Crippen molar-refractivity contribution in [3.05, 3.63) is 0 Å². The molecule has 2 heterocycles. The lowest BCUT2D eigenvalue weighted by Gasteiger charge is -2.02. The van der Waals surface area contributed by atoms with E-state index in [1.165, 1.54) is 0 Å². The van der Waals surface area contributed by atoms with E-state index in [1.807, 2.05) is 0 Å². The molecule has 2 fully saturated rings. The third kappa shape index (κ3) is 1.90. The molecular weight excluding hydrogens is 164 g/mol. The molecule has 0 aliphatic carbocycles. The number of hydrogen-bond donors (Lipinski definition) is 8. The van der Waals surface area contributed by atoms with Gasteiger partial charge in [-0.3, -0.25) is 0 Å². The van der Waals surface area contributed by atoms with Crippen molar-refractivity contribution in [2.24, 2.45) is 10.2 Å². The monoisotopic (exact) mass is 174 g/mol. The molecule has 0 saturated carbocycles. The Morgan fingerprint density at radius 1 is 0.583 bits per heavy atom. The van der Waals surface area contributed by atoms with Crippen molar-refractivity contribution in [2.45, 2.75) is 12.6 Å². The van der Waals surface area contributed by atoms with E-state index in [2.05, 4.69) is 54.1 Å². The summed E-state index contributed by atoms with van der Waals surface area (Å²) in [5.41, 5.74) is 21.4. The third-order valence-corrected chi connectivity index (χ3v) is 1.26. The van der Waals surface area contributed by atoms with E-state index in [1.54, 1.807) is 0 Å². The second-order valence-corrected chi connectivity index (χ2v) is 2.11. The number of nitrogens with one attached hydrogen (secondary N) is 8.